The predicted octanol–water partition coefficient (Wildman–Crippen LogP) is 3.42. The van der Waals surface area contributed by atoms with Crippen LogP contribution in [0.2, 0.25) is 5.02 Å². The number of rotatable bonds is 3. The number of aryl methyl sites for hydroxylation is 1. The third kappa shape index (κ3) is 2.78. The van der Waals surface area contributed by atoms with Crippen LogP contribution in [0, 0.1) is 6.92 Å². The number of benzene rings is 1. The smallest absolute Gasteiger partial charge is 0.217 e. The van der Waals surface area contributed by atoms with Crippen molar-refractivity contribution in [2.75, 3.05) is 0 Å². The van der Waals surface area contributed by atoms with Gasteiger partial charge in [-0.2, -0.15) is 0 Å². The highest BCUT2D eigenvalue weighted by Gasteiger charge is 2.12. The fourth-order valence-electron chi connectivity index (χ4n) is 2.21. The maximum atomic E-state index is 11.0. The third-order valence-electron chi connectivity index (χ3n) is 3.19. The van der Waals surface area contributed by atoms with Crippen molar-refractivity contribution in [3.05, 3.63) is 40.7 Å². The highest BCUT2D eigenvalue weighted by Crippen LogP contribution is 2.32. The number of halogens is 1. The Bertz CT molecular complexity index is 820. The summed E-state index contributed by atoms with van der Waals surface area (Å²) in [4.78, 5) is 14.2. The summed E-state index contributed by atoms with van der Waals surface area (Å²) in [5.74, 6) is 0.571. The van der Waals surface area contributed by atoms with E-state index in [-0.39, 0.29) is 5.91 Å². The molecule has 0 spiro atoms. The Morgan fingerprint density at radius 2 is 2.19 bits per heavy atom. The molecule has 0 aliphatic carbocycles. The number of fused-ring (bicyclic) bond motifs is 1. The van der Waals surface area contributed by atoms with Crippen LogP contribution in [0.1, 0.15) is 18.3 Å². The van der Waals surface area contributed by atoms with Crippen molar-refractivity contribution in [1.82, 2.24) is 15.5 Å². The summed E-state index contributed by atoms with van der Waals surface area (Å²) in [5, 5.41) is 8.22. The Labute approximate surface area is 126 Å². The highest BCUT2D eigenvalue weighted by atomic mass is 35.5. The molecule has 0 aliphatic heterocycles. The Morgan fingerprint density at radius 3 is 2.86 bits per heavy atom. The molecule has 3 rings (SSSR count). The molecule has 0 atom stereocenters. The number of hydrogen-bond donors (Lipinski definition) is 2. The molecule has 0 radical (unpaired) electrons. The maximum Gasteiger partial charge on any atom is 0.217 e. The Morgan fingerprint density at radius 1 is 1.38 bits per heavy atom. The number of carbonyl (C=O) groups is 1. The van der Waals surface area contributed by atoms with E-state index in [1.807, 2.05) is 31.2 Å². The Kier molecular flexibility index (Phi) is 3.43. The van der Waals surface area contributed by atoms with Gasteiger partial charge in [0.2, 0.25) is 5.91 Å². The lowest BCUT2D eigenvalue weighted by Crippen LogP contribution is -2.18. The molecule has 0 saturated heterocycles. The molecule has 2 heterocycles. The number of H-pyrrole nitrogens is 1. The van der Waals surface area contributed by atoms with Gasteiger partial charge in [-0.05, 0) is 25.1 Å². The molecule has 1 aromatic carbocycles. The zero-order valence-electron chi connectivity index (χ0n) is 11.7. The maximum absolute atomic E-state index is 11.0. The van der Waals surface area contributed by atoms with Gasteiger partial charge in [-0.1, -0.05) is 16.8 Å². The molecule has 0 bridgehead atoms. The Balaban J connectivity index is 2.00. The first-order valence-electron chi connectivity index (χ1n) is 6.52. The minimum absolute atomic E-state index is 0.0653. The topological polar surface area (TPSA) is 70.9 Å². The van der Waals surface area contributed by atoms with Crippen LogP contribution in [-0.4, -0.2) is 16.0 Å². The molecule has 1 amide bonds. The molecule has 0 aliphatic rings. The van der Waals surface area contributed by atoms with Gasteiger partial charge in [-0.15, -0.1) is 0 Å². The number of amides is 1. The van der Waals surface area contributed by atoms with Crippen molar-refractivity contribution in [3.8, 4) is 11.3 Å². The summed E-state index contributed by atoms with van der Waals surface area (Å²) >= 11 is 6.31. The van der Waals surface area contributed by atoms with Gasteiger partial charge in [0.05, 0.1) is 17.3 Å². The lowest BCUT2D eigenvalue weighted by molar-refractivity contribution is -0.119. The van der Waals surface area contributed by atoms with E-state index in [1.54, 1.807) is 0 Å². The zero-order valence-corrected chi connectivity index (χ0v) is 12.4. The van der Waals surface area contributed by atoms with Crippen molar-refractivity contribution in [1.29, 1.82) is 0 Å². The van der Waals surface area contributed by atoms with Crippen LogP contribution < -0.4 is 5.32 Å². The van der Waals surface area contributed by atoms with Gasteiger partial charge < -0.3 is 14.8 Å². The first-order valence-corrected chi connectivity index (χ1v) is 6.90. The highest BCUT2D eigenvalue weighted by molar-refractivity contribution is 6.34. The largest absolute Gasteiger partial charge is 0.357 e. The van der Waals surface area contributed by atoms with Crippen LogP contribution >= 0.6 is 11.6 Å². The summed E-state index contributed by atoms with van der Waals surface area (Å²) < 4.78 is 5.26. The second kappa shape index (κ2) is 5.26. The number of aromatic amines is 1. The fraction of sp³-hybridized carbons (Fsp3) is 0.200. The summed E-state index contributed by atoms with van der Waals surface area (Å²) in [6.07, 6.45) is 0. The molecular formula is C15H14ClN3O2. The van der Waals surface area contributed by atoms with Gasteiger partial charge in [0, 0.05) is 35.2 Å². The monoisotopic (exact) mass is 303 g/mol. The van der Waals surface area contributed by atoms with E-state index < -0.39 is 0 Å². The normalized spacial score (nSPS) is 11.0. The average molecular weight is 304 g/mol. The second-order valence-corrected chi connectivity index (χ2v) is 5.36. The van der Waals surface area contributed by atoms with Crippen LogP contribution in [-0.2, 0) is 11.3 Å². The molecule has 0 saturated carbocycles. The molecule has 2 aromatic heterocycles. The van der Waals surface area contributed by atoms with E-state index >= 15 is 0 Å². The summed E-state index contributed by atoms with van der Waals surface area (Å²) in [7, 11) is 0. The van der Waals surface area contributed by atoms with Crippen LogP contribution in [0.4, 0.5) is 0 Å². The van der Waals surface area contributed by atoms with Gasteiger partial charge in [-0.3, -0.25) is 4.79 Å². The molecule has 108 valence electrons. The zero-order chi connectivity index (χ0) is 15.0. The van der Waals surface area contributed by atoms with E-state index in [0.717, 1.165) is 27.9 Å². The molecule has 0 fully saturated rings. The molecule has 6 heteroatoms. The van der Waals surface area contributed by atoms with Crippen LogP contribution in [0.25, 0.3) is 22.2 Å². The third-order valence-corrected chi connectivity index (χ3v) is 3.50. The molecule has 0 unspecified atom stereocenters. The van der Waals surface area contributed by atoms with Crippen molar-refractivity contribution < 1.29 is 9.32 Å². The Hall–Kier alpha value is -2.27. The van der Waals surface area contributed by atoms with E-state index in [9.17, 15) is 4.79 Å². The minimum atomic E-state index is -0.0653. The van der Waals surface area contributed by atoms with Gasteiger partial charge in [0.25, 0.3) is 0 Å². The summed E-state index contributed by atoms with van der Waals surface area (Å²) in [6.45, 7) is 3.81. The number of nitrogens with zero attached hydrogens (tertiary/aromatic N) is 1. The van der Waals surface area contributed by atoms with E-state index in [2.05, 4.69) is 15.5 Å². The molecular weight excluding hydrogens is 290 g/mol. The molecule has 21 heavy (non-hydrogen) atoms. The van der Waals surface area contributed by atoms with Crippen molar-refractivity contribution >= 4 is 28.4 Å². The van der Waals surface area contributed by atoms with E-state index in [0.29, 0.717) is 17.3 Å². The molecule has 2 N–H and O–H groups in total. The predicted molar refractivity (Wildman–Crippen MR) is 81.1 cm³/mol. The second-order valence-electron chi connectivity index (χ2n) is 4.96. The summed E-state index contributed by atoms with van der Waals surface area (Å²) in [6, 6.07) is 7.60. The number of carbonyl (C=O) groups excluding carboxylic acids is 1. The SMILES string of the molecule is CC(=O)NCc1cc2cc(Cl)c(-c3cc(C)no3)cc2[nH]1. The van der Waals surface area contributed by atoms with Crippen molar-refractivity contribution in [2.45, 2.75) is 20.4 Å². The lowest BCUT2D eigenvalue weighted by atomic mass is 10.1. The standard InChI is InChI=1S/C15H14ClN3O2/c1-8-3-15(21-19-8)12-6-14-10(5-13(12)16)4-11(18-14)7-17-9(2)20/h3-6,18H,7H2,1-2H3,(H,17,20). The van der Waals surface area contributed by atoms with Gasteiger partial charge in [0.1, 0.15) is 0 Å². The van der Waals surface area contributed by atoms with E-state index in [4.69, 9.17) is 16.1 Å². The van der Waals surface area contributed by atoms with E-state index in [1.165, 1.54) is 6.92 Å². The fourth-order valence-corrected chi connectivity index (χ4v) is 2.47. The van der Waals surface area contributed by atoms with Crippen molar-refractivity contribution in [2.24, 2.45) is 0 Å². The van der Waals surface area contributed by atoms with Gasteiger partial charge in [-0.25, -0.2) is 0 Å². The van der Waals surface area contributed by atoms with Crippen molar-refractivity contribution in [3.63, 3.8) is 0 Å². The lowest BCUT2D eigenvalue weighted by Gasteiger charge is -2.00. The van der Waals surface area contributed by atoms with Crippen LogP contribution in [0.3, 0.4) is 0 Å². The quantitative estimate of drug-likeness (QED) is 0.779. The molecule has 5 nitrogen and oxygen atoms in total. The number of hydrogen-bond acceptors (Lipinski definition) is 3. The first kappa shape index (κ1) is 13.7. The van der Waals surface area contributed by atoms with Gasteiger partial charge in [0.15, 0.2) is 5.76 Å². The average Bonchev–Trinajstić information content (AvgIpc) is 3.01. The van der Waals surface area contributed by atoms with Crippen LogP contribution in [0.5, 0.6) is 0 Å². The van der Waals surface area contributed by atoms with Gasteiger partial charge >= 0.3 is 0 Å². The number of aromatic nitrogens is 2. The molecule has 3 aromatic rings. The summed E-state index contributed by atoms with van der Waals surface area (Å²) in [5.41, 5.74) is 3.45. The first-order chi connectivity index (χ1) is 10.0. The number of nitrogens with one attached hydrogen (secondary N) is 2. The van der Waals surface area contributed by atoms with Crippen LogP contribution in [0.15, 0.2) is 28.8 Å². The minimum Gasteiger partial charge on any atom is -0.357 e.